The highest BCUT2D eigenvalue weighted by Gasteiger charge is 2.39. The molecule has 2 saturated heterocycles. The van der Waals surface area contributed by atoms with Crippen LogP contribution in [0, 0.1) is 5.82 Å². The lowest BCUT2D eigenvalue weighted by atomic mass is 9.86. The van der Waals surface area contributed by atoms with Crippen molar-refractivity contribution in [2.45, 2.75) is 76.8 Å². The zero-order valence-electron chi connectivity index (χ0n) is 21.6. The average Bonchev–Trinajstić information content (AvgIpc) is 3.46. The molecule has 38 heavy (non-hydrogen) atoms. The summed E-state index contributed by atoms with van der Waals surface area (Å²) < 4.78 is 61.9. The van der Waals surface area contributed by atoms with Crippen molar-refractivity contribution in [1.82, 2.24) is 19.6 Å². The third-order valence-electron chi connectivity index (χ3n) is 7.82. The largest absolute Gasteiger partial charge is 0.419 e. The standard InChI is InChI=1S/C27H32F4N4O3/c1-16-13-34(14-17(2)38-16)26(37)25-20-6-4-8-22(20)35(32-25)15-23(36)33-11-9-18(10-12-33)19-5-3-7-21(28)24(19)27(29,30)31/h3,5,7,16-18H,4,6,8-15H2,1-2H3/t16-,17+. The van der Waals surface area contributed by atoms with E-state index in [4.69, 9.17) is 4.74 Å². The lowest BCUT2D eigenvalue weighted by molar-refractivity contribution is -0.141. The first kappa shape index (κ1) is 26.6. The smallest absolute Gasteiger partial charge is 0.372 e. The van der Waals surface area contributed by atoms with Crippen molar-refractivity contribution in [3.63, 3.8) is 0 Å². The molecule has 0 spiro atoms. The molecule has 0 unspecified atom stereocenters. The van der Waals surface area contributed by atoms with E-state index in [0.717, 1.165) is 36.6 Å². The number of ether oxygens (including phenoxy) is 1. The topological polar surface area (TPSA) is 67.7 Å². The van der Waals surface area contributed by atoms with Crippen LogP contribution in [0.1, 0.15) is 71.9 Å². The van der Waals surface area contributed by atoms with Gasteiger partial charge in [-0.2, -0.15) is 18.3 Å². The monoisotopic (exact) mass is 536 g/mol. The first-order valence-electron chi connectivity index (χ1n) is 13.2. The van der Waals surface area contributed by atoms with Gasteiger partial charge in [-0.15, -0.1) is 0 Å². The van der Waals surface area contributed by atoms with Gasteiger partial charge >= 0.3 is 6.18 Å². The zero-order valence-corrected chi connectivity index (χ0v) is 21.6. The van der Waals surface area contributed by atoms with Gasteiger partial charge in [0.2, 0.25) is 5.91 Å². The Morgan fingerprint density at radius 3 is 2.39 bits per heavy atom. The predicted octanol–water partition coefficient (Wildman–Crippen LogP) is 4.19. The first-order chi connectivity index (χ1) is 18.0. The summed E-state index contributed by atoms with van der Waals surface area (Å²) in [6.45, 7) is 5.36. The predicted molar refractivity (Wildman–Crippen MR) is 130 cm³/mol. The molecule has 2 atom stereocenters. The number of likely N-dealkylation sites (tertiary alicyclic amines) is 1. The molecule has 11 heteroatoms. The average molecular weight is 537 g/mol. The van der Waals surface area contributed by atoms with Crippen LogP contribution in [0.3, 0.4) is 0 Å². The molecule has 0 N–H and O–H groups in total. The number of halogens is 4. The molecule has 206 valence electrons. The maximum Gasteiger partial charge on any atom is 0.419 e. The second-order valence-corrected chi connectivity index (χ2v) is 10.6. The zero-order chi connectivity index (χ0) is 27.2. The minimum atomic E-state index is -4.78. The Hall–Kier alpha value is -2.95. The van der Waals surface area contributed by atoms with Gasteiger partial charge in [0.15, 0.2) is 5.69 Å². The number of hydrogen-bond donors (Lipinski definition) is 0. The molecular weight excluding hydrogens is 504 g/mol. The number of hydrogen-bond acceptors (Lipinski definition) is 4. The molecule has 3 heterocycles. The van der Waals surface area contributed by atoms with Gasteiger partial charge in [0, 0.05) is 37.4 Å². The third-order valence-corrected chi connectivity index (χ3v) is 7.82. The summed E-state index contributed by atoms with van der Waals surface area (Å²) in [7, 11) is 0. The molecule has 5 rings (SSSR count). The molecule has 1 aliphatic carbocycles. The summed E-state index contributed by atoms with van der Waals surface area (Å²) in [5.74, 6) is -2.09. The normalized spacial score (nSPS) is 22.6. The Bertz CT molecular complexity index is 1210. The van der Waals surface area contributed by atoms with E-state index in [2.05, 4.69) is 5.10 Å². The van der Waals surface area contributed by atoms with Crippen LogP contribution in [0.25, 0.3) is 0 Å². The molecule has 3 aliphatic rings. The van der Waals surface area contributed by atoms with Crippen molar-refractivity contribution in [2.24, 2.45) is 0 Å². The van der Waals surface area contributed by atoms with Crippen LogP contribution < -0.4 is 0 Å². The van der Waals surface area contributed by atoms with E-state index in [0.29, 0.717) is 31.6 Å². The highest BCUT2D eigenvalue weighted by atomic mass is 19.4. The number of carbonyl (C=O) groups is 2. The summed E-state index contributed by atoms with van der Waals surface area (Å²) >= 11 is 0. The van der Waals surface area contributed by atoms with E-state index < -0.39 is 23.5 Å². The second-order valence-electron chi connectivity index (χ2n) is 10.6. The van der Waals surface area contributed by atoms with Crippen molar-refractivity contribution in [3.8, 4) is 0 Å². The van der Waals surface area contributed by atoms with Gasteiger partial charge in [0.1, 0.15) is 12.4 Å². The van der Waals surface area contributed by atoms with Crippen molar-refractivity contribution in [1.29, 1.82) is 0 Å². The molecule has 0 bridgehead atoms. The number of aromatic nitrogens is 2. The Balaban J connectivity index is 1.27. The van der Waals surface area contributed by atoms with Gasteiger partial charge in [-0.25, -0.2) is 4.39 Å². The Morgan fingerprint density at radius 1 is 1.05 bits per heavy atom. The number of piperidine rings is 1. The number of rotatable bonds is 4. The summed E-state index contributed by atoms with van der Waals surface area (Å²) in [5.41, 5.74) is 0.943. The van der Waals surface area contributed by atoms with E-state index in [1.54, 1.807) is 14.5 Å². The Morgan fingerprint density at radius 2 is 1.74 bits per heavy atom. The van der Waals surface area contributed by atoms with Crippen LogP contribution in [-0.2, 0) is 35.1 Å². The van der Waals surface area contributed by atoms with E-state index in [1.165, 1.54) is 12.1 Å². The molecule has 0 saturated carbocycles. The van der Waals surface area contributed by atoms with E-state index >= 15 is 0 Å². The van der Waals surface area contributed by atoms with Crippen LogP contribution in [-0.4, -0.2) is 69.8 Å². The van der Waals surface area contributed by atoms with Gasteiger partial charge < -0.3 is 14.5 Å². The molecule has 2 amide bonds. The Kier molecular flexibility index (Phi) is 7.23. The maximum atomic E-state index is 14.0. The minimum absolute atomic E-state index is 0.0238. The molecule has 2 fully saturated rings. The summed E-state index contributed by atoms with van der Waals surface area (Å²) in [5, 5.41) is 4.57. The lowest BCUT2D eigenvalue weighted by Gasteiger charge is -2.35. The van der Waals surface area contributed by atoms with E-state index in [-0.39, 0.29) is 49.2 Å². The first-order valence-corrected chi connectivity index (χ1v) is 13.2. The highest BCUT2D eigenvalue weighted by molar-refractivity contribution is 5.94. The van der Waals surface area contributed by atoms with Gasteiger partial charge in [-0.1, -0.05) is 12.1 Å². The summed E-state index contributed by atoms with van der Waals surface area (Å²) in [6, 6.07) is 3.45. The number of amides is 2. The van der Waals surface area contributed by atoms with Crippen LogP contribution in [0.15, 0.2) is 18.2 Å². The fourth-order valence-corrected chi connectivity index (χ4v) is 6.15. The van der Waals surface area contributed by atoms with Crippen LogP contribution in [0.2, 0.25) is 0 Å². The van der Waals surface area contributed by atoms with Gasteiger partial charge in [-0.05, 0) is 63.5 Å². The fourth-order valence-electron chi connectivity index (χ4n) is 6.15. The molecular formula is C27H32F4N4O3. The van der Waals surface area contributed by atoms with Crippen molar-refractivity contribution < 1.29 is 31.9 Å². The van der Waals surface area contributed by atoms with Crippen LogP contribution in [0.5, 0.6) is 0 Å². The van der Waals surface area contributed by atoms with Crippen LogP contribution in [0.4, 0.5) is 17.6 Å². The molecule has 2 aromatic rings. The highest BCUT2D eigenvalue weighted by Crippen LogP contribution is 2.40. The number of morpholine rings is 1. The fraction of sp³-hybridized carbons (Fsp3) is 0.593. The maximum absolute atomic E-state index is 14.0. The second kappa shape index (κ2) is 10.3. The van der Waals surface area contributed by atoms with Crippen molar-refractivity contribution in [3.05, 3.63) is 52.1 Å². The Labute approximate surface area is 218 Å². The van der Waals surface area contributed by atoms with Gasteiger partial charge in [0.05, 0.1) is 17.8 Å². The van der Waals surface area contributed by atoms with E-state index in [1.807, 2.05) is 13.8 Å². The molecule has 0 radical (unpaired) electrons. The number of nitrogens with zero attached hydrogens (tertiary/aromatic N) is 4. The number of carbonyl (C=O) groups excluding carboxylic acids is 2. The minimum Gasteiger partial charge on any atom is -0.372 e. The summed E-state index contributed by atoms with van der Waals surface area (Å²) in [4.78, 5) is 29.9. The van der Waals surface area contributed by atoms with Crippen molar-refractivity contribution >= 4 is 11.8 Å². The van der Waals surface area contributed by atoms with E-state index in [9.17, 15) is 27.2 Å². The molecule has 1 aromatic carbocycles. The van der Waals surface area contributed by atoms with Gasteiger partial charge in [-0.3, -0.25) is 14.3 Å². The SMILES string of the molecule is C[C@@H]1CN(C(=O)c2nn(CC(=O)N3CCC(c4cccc(F)c4C(F)(F)F)CC3)c3c2CCC3)C[C@H](C)O1. The number of fused-ring (bicyclic) bond motifs is 1. The van der Waals surface area contributed by atoms with Crippen molar-refractivity contribution in [2.75, 3.05) is 26.2 Å². The molecule has 7 nitrogen and oxygen atoms in total. The third kappa shape index (κ3) is 5.17. The molecule has 1 aromatic heterocycles. The van der Waals surface area contributed by atoms with Gasteiger partial charge in [0.25, 0.3) is 5.91 Å². The molecule has 2 aliphatic heterocycles. The lowest BCUT2D eigenvalue weighted by Crippen LogP contribution is -2.48. The number of benzene rings is 1. The van der Waals surface area contributed by atoms with Crippen LogP contribution >= 0.6 is 0 Å². The quantitative estimate of drug-likeness (QED) is 0.550. The number of alkyl halides is 3. The summed E-state index contributed by atoms with van der Waals surface area (Å²) in [6.07, 6.45) is -1.93.